The summed E-state index contributed by atoms with van der Waals surface area (Å²) in [5, 5.41) is 0.647. The van der Waals surface area contributed by atoms with E-state index >= 15 is 0 Å². The zero-order chi connectivity index (χ0) is 20.6. The summed E-state index contributed by atoms with van der Waals surface area (Å²) >= 11 is 6.02. The van der Waals surface area contributed by atoms with E-state index in [0.717, 1.165) is 11.3 Å². The molecule has 3 heterocycles. The maximum absolute atomic E-state index is 12.9. The molecule has 1 aliphatic heterocycles. The molecule has 7 nitrogen and oxygen atoms in total. The molecule has 1 aliphatic rings. The number of pyridine rings is 1. The van der Waals surface area contributed by atoms with Gasteiger partial charge >= 0.3 is 0 Å². The highest BCUT2D eigenvalue weighted by Gasteiger charge is 2.29. The molecule has 0 atom stereocenters. The average molecular weight is 433 g/mol. The molecule has 3 aromatic rings. The van der Waals surface area contributed by atoms with Gasteiger partial charge in [-0.1, -0.05) is 23.7 Å². The van der Waals surface area contributed by atoms with Crippen molar-refractivity contribution in [2.75, 3.05) is 26.2 Å². The van der Waals surface area contributed by atoms with Crippen LogP contribution in [0, 0.1) is 0 Å². The Labute approximate surface area is 174 Å². The number of hydrogen-bond donors (Lipinski definition) is 0. The topological polar surface area (TPSA) is 75.0 Å². The minimum atomic E-state index is -3.62. The lowest BCUT2D eigenvalue weighted by Gasteiger charge is -2.33. The molecule has 1 saturated heterocycles. The third-order valence-electron chi connectivity index (χ3n) is 5.06. The van der Waals surface area contributed by atoms with Crippen LogP contribution in [-0.2, 0) is 16.6 Å². The average Bonchev–Trinajstić information content (AvgIpc) is 3.09. The number of ketones is 1. The Bertz CT molecular complexity index is 1170. The first-order valence-electron chi connectivity index (χ1n) is 9.29. The van der Waals surface area contributed by atoms with Crippen LogP contribution in [0.3, 0.4) is 0 Å². The number of aromatic nitrogens is 2. The zero-order valence-corrected chi connectivity index (χ0v) is 17.5. The summed E-state index contributed by atoms with van der Waals surface area (Å²) in [7, 11) is -3.62. The van der Waals surface area contributed by atoms with Gasteiger partial charge in [0.05, 0.1) is 15.6 Å². The number of fused-ring (bicyclic) bond motifs is 1. The summed E-state index contributed by atoms with van der Waals surface area (Å²) in [6, 6.07) is 9.89. The lowest BCUT2D eigenvalue weighted by molar-refractivity contribution is 0.101. The quantitative estimate of drug-likeness (QED) is 0.579. The Morgan fingerprint density at radius 2 is 1.86 bits per heavy atom. The highest BCUT2D eigenvalue weighted by molar-refractivity contribution is 7.89. The Morgan fingerprint density at radius 1 is 1.10 bits per heavy atom. The molecule has 152 valence electrons. The highest BCUT2D eigenvalue weighted by atomic mass is 35.5. The van der Waals surface area contributed by atoms with Crippen LogP contribution >= 0.6 is 11.6 Å². The van der Waals surface area contributed by atoms with Crippen LogP contribution in [0.1, 0.15) is 23.0 Å². The summed E-state index contributed by atoms with van der Waals surface area (Å²) in [5.41, 5.74) is 2.14. The maximum atomic E-state index is 12.9. The number of halogens is 1. The Morgan fingerprint density at radius 3 is 2.59 bits per heavy atom. The van der Waals surface area contributed by atoms with Gasteiger partial charge in [-0.25, -0.2) is 13.4 Å². The molecular formula is C20H21ClN4O3S. The normalized spacial score (nSPS) is 16.3. The number of benzene rings is 1. The molecular weight excluding hydrogens is 412 g/mol. The van der Waals surface area contributed by atoms with Crippen LogP contribution in [0.15, 0.2) is 53.7 Å². The summed E-state index contributed by atoms with van der Waals surface area (Å²) in [6.45, 7) is 4.09. The molecule has 1 fully saturated rings. The van der Waals surface area contributed by atoms with Crippen LogP contribution in [-0.4, -0.2) is 59.0 Å². The standard InChI is InChI=1S/C20H21ClN4O3S/c1-15(26)16-3-2-4-19(11-16)29(27,28)25-9-7-23(8-10-25)13-18-14-24-12-17(21)5-6-20(24)22-18/h2-6,11-12,14H,7-10,13H2,1H3. The second-order valence-corrected chi connectivity index (χ2v) is 9.48. The lowest BCUT2D eigenvalue weighted by Crippen LogP contribution is -2.48. The molecule has 0 bridgehead atoms. The molecule has 0 unspecified atom stereocenters. The van der Waals surface area contributed by atoms with Crippen molar-refractivity contribution in [1.29, 1.82) is 0 Å². The van der Waals surface area contributed by atoms with E-state index in [2.05, 4.69) is 9.88 Å². The number of rotatable bonds is 5. The fourth-order valence-corrected chi connectivity index (χ4v) is 5.11. The largest absolute Gasteiger partial charge is 0.305 e. The van der Waals surface area contributed by atoms with E-state index in [1.165, 1.54) is 23.4 Å². The van der Waals surface area contributed by atoms with Gasteiger partial charge in [0.25, 0.3) is 0 Å². The number of piperazine rings is 1. The van der Waals surface area contributed by atoms with Gasteiger partial charge in [0.1, 0.15) is 5.65 Å². The first kappa shape index (κ1) is 20.0. The Balaban J connectivity index is 1.43. The van der Waals surface area contributed by atoms with Crippen molar-refractivity contribution in [2.24, 2.45) is 0 Å². The third-order valence-corrected chi connectivity index (χ3v) is 7.18. The van der Waals surface area contributed by atoms with E-state index in [4.69, 9.17) is 11.6 Å². The fourth-order valence-electron chi connectivity index (χ4n) is 3.48. The first-order valence-corrected chi connectivity index (χ1v) is 11.1. The van der Waals surface area contributed by atoms with Crippen LogP contribution in [0.4, 0.5) is 0 Å². The van der Waals surface area contributed by atoms with Gasteiger partial charge in [-0.3, -0.25) is 9.69 Å². The fraction of sp³-hybridized carbons (Fsp3) is 0.300. The smallest absolute Gasteiger partial charge is 0.243 e. The number of Topliss-reactive ketones (excluding diaryl/α,β-unsaturated/α-hetero) is 1. The van der Waals surface area contributed by atoms with E-state index in [1.807, 2.05) is 22.9 Å². The number of hydrogen-bond acceptors (Lipinski definition) is 5. The second-order valence-electron chi connectivity index (χ2n) is 7.11. The molecule has 4 rings (SSSR count). The van der Waals surface area contributed by atoms with Crippen molar-refractivity contribution in [1.82, 2.24) is 18.6 Å². The minimum absolute atomic E-state index is 0.152. The number of nitrogens with zero attached hydrogens (tertiary/aromatic N) is 4. The van der Waals surface area contributed by atoms with Crippen LogP contribution < -0.4 is 0 Å². The van der Waals surface area contributed by atoms with Gasteiger partial charge in [-0.15, -0.1) is 0 Å². The van der Waals surface area contributed by atoms with Gasteiger partial charge in [-0.05, 0) is 31.2 Å². The van der Waals surface area contributed by atoms with Crippen LogP contribution in [0.25, 0.3) is 5.65 Å². The van der Waals surface area contributed by atoms with Crippen molar-refractivity contribution in [3.8, 4) is 0 Å². The van der Waals surface area contributed by atoms with Crippen molar-refractivity contribution >= 4 is 33.1 Å². The van der Waals surface area contributed by atoms with E-state index in [1.54, 1.807) is 18.2 Å². The van der Waals surface area contributed by atoms with Crippen LogP contribution in [0.5, 0.6) is 0 Å². The number of sulfonamides is 1. The molecule has 0 N–H and O–H groups in total. The molecule has 0 spiro atoms. The van der Waals surface area contributed by atoms with Gasteiger partial charge in [0, 0.05) is 50.7 Å². The SMILES string of the molecule is CC(=O)c1cccc(S(=O)(=O)N2CCN(Cc3cn4cc(Cl)ccc4n3)CC2)c1. The van der Waals surface area contributed by atoms with E-state index in [-0.39, 0.29) is 10.7 Å². The molecule has 0 saturated carbocycles. The minimum Gasteiger partial charge on any atom is -0.305 e. The second kappa shape index (κ2) is 7.87. The first-order chi connectivity index (χ1) is 13.8. The third kappa shape index (κ3) is 4.20. The van der Waals surface area contributed by atoms with E-state index in [0.29, 0.717) is 43.3 Å². The zero-order valence-electron chi connectivity index (χ0n) is 16.0. The molecule has 2 aromatic heterocycles. The van der Waals surface area contributed by atoms with E-state index in [9.17, 15) is 13.2 Å². The lowest BCUT2D eigenvalue weighted by atomic mass is 10.2. The van der Waals surface area contributed by atoms with Crippen molar-refractivity contribution in [3.63, 3.8) is 0 Å². The van der Waals surface area contributed by atoms with Crippen molar-refractivity contribution < 1.29 is 13.2 Å². The number of carbonyl (C=O) groups excluding carboxylic acids is 1. The number of imidazole rings is 1. The maximum Gasteiger partial charge on any atom is 0.243 e. The highest BCUT2D eigenvalue weighted by Crippen LogP contribution is 2.20. The summed E-state index contributed by atoms with van der Waals surface area (Å²) in [6.07, 6.45) is 3.75. The van der Waals surface area contributed by atoms with E-state index < -0.39 is 10.0 Å². The summed E-state index contributed by atoms with van der Waals surface area (Å²) in [5.74, 6) is -0.152. The monoisotopic (exact) mass is 432 g/mol. The van der Waals surface area contributed by atoms with Crippen LogP contribution in [0.2, 0.25) is 5.02 Å². The van der Waals surface area contributed by atoms with Gasteiger partial charge in [-0.2, -0.15) is 4.31 Å². The molecule has 0 aliphatic carbocycles. The molecule has 29 heavy (non-hydrogen) atoms. The predicted molar refractivity (Wildman–Crippen MR) is 111 cm³/mol. The van der Waals surface area contributed by atoms with Crippen molar-refractivity contribution in [3.05, 3.63) is 65.1 Å². The Hall–Kier alpha value is -2.26. The summed E-state index contributed by atoms with van der Waals surface area (Å²) < 4.78 is 29.3. The van der Waals surface area contributed by atoms with Gasteiger partial charge in [0.2, 0.25) is 10.0 Å². The van der Waals surface area contributed by atoms with Gasteiger partial charge in [0.15, 0.2) is 5.78 Å². The molecule has 1 aromatic carbocycles. The Kier molecular flexibility index (Phi) is 5.44. The summed E-state index contributed by atoms with van der Waals surface area (Å²) in [4.78, 5) is 18.5. The van der Waals surface area contributed by atoms with Crippen molar-refractivity contribution in [2.45, 2.75) is 18.4 Å². The number of carbonyl (C=O) groups is 1. The molecule has 9 heteroatoms. The van der Waals surface area contributed by atoms with Gasteiger partial charge < -0.3 is 4.40 Å². The molecule has 0 radical (unpaired) electrons. The molecule has 0 amide bonds. The predicted octanol–water partition coefficient (Wildman–Crippen LogP) is 2.70.